The molecule has 9 heteroatoms. The fourth-order valence-corrected chi connectivity index (χ4v) is 3.51. The van der Waals surface area contributed by atoms with Crippen molar-refractivity contribution in [2.45, 2.75) is 19.2 Å². The Balaban J connectivity index is 1.41. The zero-order chi connectivity index (χ0) is 21.3. The Labute approximate surface area is 171 Å². The summed E-state index contributed by atoms with van der Waals surface area (Å²) >= 11 is 0. The summed E-state index contributed by atoms with van der Waals surface area (Å²) < 4.78 is 61.5. The van der Waals surface area contributed by atoms with Gasteiger partial charge in [-0.1, -0.05) is 6.07 Å². The minimum Gasteiger partial charge on any atom is -0.491 e. The molecule has 2 aromatic carbocycles. The van der Waals surface area contributed by atoms with Crippen LogP contribution in [0, 0.1) is 6.92 Å². The average Bonchev–Trinajstić information content (AvgIpc) is 3.19. The zero-order valence-corrected chi connectivity index (χ0v) is 16.2. The van der Waals surface area contributed by atoms with Crippen molar-refractivity contribution in [1.82, 2.24) is 4.90 Å². The van der Waals surface area contributed by atoms with Crippen molar-refractivity contribution in [3.63, 3.8) is 0 Å². The lowest BCUT2D eigenvalue weighted by molar-refractivity contribution is -0.138. The van der Waals surface area contributed by atoms with E-state index < -0.39 is 23.8 Å². The zero-order valence-electron chi connectivity index (χ0n) is 16.2. The number of benzene rings is 2. The lowest BCUT2D eigenvalue weighted by Gasteiger charge is -2.33. The van der Waals surface area contributed by atoms with Gasteiger partial charge >= 0.3 is 6.18 Å². The van der Waals surface area contributed by atoms with Gasteiger partial charge in [-0.3, -0.25) is 4.79 Å². The first-order valence-electron chi connectivity index (χ1n) is 9.43. The summed E-state index contributed by atoms with van der Waals surface area (Å²) in [5, 5.41) is 0. The highest BCUT2D eigenvalue weighted by atomic mass is 19.4. The van der Waals surface area contributed by atoms with Gasteiger partial charge in [0.1, 0.15) is 18.5 Å². The molecular weight excluding hydrogens is 403 g/mol. The van der Waals surface area contributed by atoms with E-state index in [9.17, 15) is 18.0 Å². The van der Waals surface area contributed by atoms with E-state index in [0.29, 0.717) is 23.8 Å². The van der Waals surface area contributed by atoms with Gasteiger partial charge in [-0.15, -0.1) is 0 Å². The molecular formula is C21H20F3NO5. The Morgan fingerprint density at radius 3 is 2.80 bits per heavy atom. The third-order valence-corrected chi connectivity index (χ3v) is 5.08. The van der Waals surface area contributed by atoms with Crippen LogP contribution in [0.4, 0.5) is 13.2 Å². The van der Waals surface area contributed by atoms with Crippen LogP contribution in [0.3, 0.4) is 0 Å². The number of carbonyl (C=O) groups excluding carboxylic acids is 1. The molecule has 0 saturated carbocycles. The summed E-state index contributed by atoms with van der Waals surface area (Å²) in [4.78, 5) is 14.4. The maximum absolute atomic E-state index is 13.2. The maximum atomic E-state index is 13.2. The van der Waals surface area contributed by atoms with Gasteiger partial charge < -0.3 is 23.8 Å². The second-order valence-electron chi connectivity index (χ2n) is 7.05. The van der Waals surface area contributed by atoms with Gasteiger partial charge in [0.15, 0.2) is 11.5 Å². The molecule has 0 bridgehead atoms. The minimum absolute atomic E-state index is 0.0437. The molecule has 0 spiro atoms. The molecule has 1 amide bonds. The lowest BCUT2D eigenvalue weighted by atomic mass is 10.0. The molecule has 1 fully saturated rings. The number of morpholine rings is 1. The molecule has 1 atom stereocenters. The van der Waals surface area contributed by atoms with Crippen molar-refractivity contribution in [2.75, 3.05) is 33.1 Å². The van der Waals surface area contributed by atoms with Crippen LogP contribution in [0.2, 0.25) is 0 Å². The predicted octanol–water partition coefficient (Wildman–Crippen LogP) is 3.66. The molecule has 0 radical (unpaired) electrons. The summed E-state index contributed by atoms with van der Waals surface area (Å²) in [6.07, 6.45) is -4.91. The van der Waals surface area contributed by atoms with Crippen molar-refractivity contribution in [1.29, 1.82) is 0 Å². The molecule has 1 saturated heterocycles. The number of rotatable bonds is 4. The van der Waals surface area contributed by atoms with E-state index in [-0.39, 0.29) is 37.7 Å². The number of nitrogens with zero attached hydrogens (tertiary/aromatic N) is 1. The summed E-state index contributed by atoms with van der Waals surface area (Å²) in [5.74, 6) is 1.35. The first-order valence-corrected chi connectivity index (χ1v) is 9.43. The Morgan fingerprint density at radius 2 is 2.00 bits per heavy atom. The first kappa shape index (κ1) is 20.3. The molecule has 2 aliphatic rings. The molecule has 30 heavy (non-hydrogen) atoms. The Hall–Kier alpha value is -2.94. The average molecular weight is 423 g/mol. The molecule has 4 rings (SSSR count). The normalized spacial score (nSPS) is 18.4. The van der Waals surface area contributed by atoms with Gasteiger partial charge in [0.25, 0.3) is 5.91 Å². The number of carbonyl (C=O) groups is 1. The molecule has 160 valence electrons. The standard InChI is InChI=1S/C21H20F3NO5/c1-13-16(3-2-4-17(13)21(22,23)24)20(26)25-7-8-27-15(10-25)11-28-14-5-6-18-19(9-14)30-12-29-18/h2-6,9,15H,7-8,10-12H2,1H3. The van der Waals surface area contributed by atoms with Crippen molar-refractivity contribution in [2.24, 2.45) is 0 Å². The van der Waals surface area contributed by atoms with Gasteiger partial charge in [0.2, 0.25) is 6.79 Å². The summed E-state index contributed by atoms with van der Waals surface area (Å²) in [7, 11) is 0. The second kappa shape index (κ2) is 8.06. The highest BCUT2D eigenvalue weighted by Gasteiger charge is 2.35. The van der Waals surface area contributed by atoms with E-state index in [0.717, 1.165) is 6.07 Å². The van der Waals surface area contributed by atoms with Gasteiger partial charge in [-0.2, -0.15) is 13.2 Å². The Morgan fingerprint density at radius 1 is 1.20 bits per heavy atom. The number of ether oxygens (including phenoxy) is 4. The molecule has 0 N–H and O–H groups in total. The summed E-state index contributed by atoms with van der Waals surface area (Å²) in [5.41, 5.74) is -0.832. The highest BCUT2D eigenvalue weighted by Crippen LogP contribution is 2.35. The van der Waals surface area contributed by atoms with E-state index >= 15 is 0 Å². The fourth-order valence-electron chi connectivity index (χ4n) is 3.51. The number of halogens is 3. The fraction of sp³-hybridized carbons (Fsp3) is 0.381. The number of hydrogen-bond acceptors (Lipinski definition) is 5. The van der Waals surface area contributed by atoms with Crippen molar-refractivity contribution < 1.29 is 36.9 Å². The molecule has 0 aromatic heterocycles. The lowest BCUT2D eigenvalue weighted by Crippen LogP contribution is -2.47. The Kier molecular flexibility index (Phi) is 5.46. The van der Waals surface area contributed by atoms with Crippen LogP contribution in [0.1, 0.15) is 21.5 Å². The first-order chi connectivity index (χ1) is 14.3. The van der Waals surface area contributed by atoms with E-state index in [1.165, 1.54) is 24.0 Å². The van der Waals surface area contributed by atoms with Crippen LogP contribution in [0.5, 0.6) is 17.2 Å². The van der Waals surface area contributed by atoms with E-state index in [2.05, 4.69) is 0 Å². The second-order valence-corrected chi connectivity index (χ2v) is 7.05. The Bertz CT molecular complexity index is 947. The smallest absolute Gasteiger partial charge is 0.416 e. The minimum atomic E-state index is -4.51. The van der Waals surface area contributed by atoms with Gasteiger partial charge in [0, 0.05) is 18.2 Å². The van der Waals surface area contributed by atoms with Crippen LogP contribution in [-0.2, 0) is 10.9 Å². The van der Waals surface area contributed by atoms with Crippen molar-refractivity contribution in [3.05, 3.63) is 53.1 Å². The van der Waals surface area contributed by atoms with E-state index in [4.69, 9.17) is 18.9 Å². The molecule has 2 heterocycles. The quantitative estimate of drug-likeness (QED) is 0.751. The number of hydrogen-bond donors (Lipinski definition) is 0. The molecule has 2 aliphatic heterocycles. The van der Waals surface area contributed by atoms with E-state index in [1.807, 2.05) is 0 Å². The summed E-state index contributed by atoms with van der Waals surface area (Å²) in [6, 6.07) is 8.84. The van der Waals surface area contributed by atoms with Crippen LogP contribution >= 0.6 is 0 Å². The monoisotopic (exact) mass is 423 g/mol. The maximum Gasteiger partial charge on any atom is 0.416 e. The van der Waals surface area contributed by atoms with Crippen molar-refractivity contribution in [3.8, 4) is 17.2 Å². The third-order valence-electron chi connectivity index (χ3n) is 5.08. The van der Waals surface area contributed by atoms with Crippen LogP contribution in [-0.4, -0.2) is 50.0 Å². The van der Waals surface area contributed by atoms with Crippen LogP contribution in [0.15, 0.2) is 36.4 Å². The van der Waals surface area contributed by atoms with Crippen LogP contribution in [0.25, 0.3) is 0 Å². The molecule has 2 aromatic rings. The van der Waals surface area contributed by atoms with Gasteiger partial charge in [-0.05, 0) is 36.8 Å². The number of alkyl halides is 3. The SMILES string of the molecule is Cc1c(C(=O)N2CCOC(COc3ccc4c(c3)OCO4)C2)cccc1C(F)(F)F. The predicted molar refractivity (Wildman–Crippen MR) is 99.9 cm³/mol. The third kappa shape index (κ3) is 4.16. The molecule has 6 nitrogen and oxygen atoms in total. The topological polar surface area (TPSA) is 57.2 Å². The summed E-state index contributed by atoms with van der Waals surface area (Å²) in [6.45, 7) is 2.46. The van der Waals surface area contributed by atoms with Crippen LogP contribution < -0.4 is 14.2 Å². The van der Waals surface area contributed by atoms with Crippen molar-refractivity contribution >= 4 is 5.91 Å². The highest BCUT2D eigenvalue weighted by molar-refractivity contribution is 5.96. The largest absolute Gasteiger partial charge is 0.491 e. The number of amides is 1. The van der Waals surface area contributed by atoms with E-state index in [1.54, 1.807) is 18.2 Å². The molecule has 0 aliphatic carbocycles. The molecule has 1 unspecified atom stereocenters. The number of fused-ring (bicyclic) bond motifs is 1. The van der Waals surface area contributed by atoms with Gasteiger partial charge in [0.05, 0.1) is 18.7 Å². The van der Waals surface area contributed by atoms with Gasteiger partial charge in [-0.25, -0.2) is 0 Å².